The van der Waals surface area contributed by atoms with E-state index in [1.54, 1.807) is 0 Å². The summed E-state index contributed by atoms with van der Waals surface area (Å²) < 4.78 is 53.6. The maximum atomic E-state index is 11.3. The van der Waals surface area contributed by atoms with Gasteiger partial charge in [0.15, 0.2) is 19.7 Å². The molecule has 0 bridgehead atoms. The molecular formula is C9H10O7S2. The van der Waals surface area contributed by atoms with E-state index in [0.717, 1.165) is 10.8 Å². The summed E-state index contributed by atoms with van der Waals surface area (Å²) in [5, 5.41) is 1.93. The highest BCUT2D eigenvalue weighted by atomic mass is 32.2. The van der Waals surface area contributed by atoms with Crippen molar-refractivity contribution in [2.24, 2.45) is 0 Å². The van der Waals surface area contributed by atoms with Gasteiger partial charge in [0.1, 0.15) is 12.2 Å². The smallest absolute Gasteiger partial charge is 0.426 e. The first-order valence-corrected chi connectivity index (χ1v) is 8.38. The minimum Gasteiger partial charge on any atom is -0.426 e. The summed E-state index contributed by atoms with van der Waals surface area (Å²) in [4.78, 5) is 11.3. The van der Waals surface area contributed by atoms with Crippen molar-refractivity contribution in [1.29, 1.82) is 0 Å². The van der Waals surface area contributed by atoms with Gasteiger partial charge in [-0.2, -0.15) is 0 Å². The van der Waals surface area contributed by atoms with Crippen molar-refractivity contribution in [3.8, 4) is 0 Å². The summed E-state index contributed by atoms with van der Waals surface area (Å²) in [6.45, 7) is 0. The molecule has 0 fully saturated rings. The number of rotatable bonds is 2. The van der Waals surface area contributed by atoms with Gasteiger partial charge in [0.25, 0.3) is 0 Å². The van der Waals surface area contributed by atoms with Gasteiger partial charge in [0.05, 0.1) is 11.5 Å². The quantitative estimate of drug-likeness (QED) is 0.647. The van der Waals surface area contributed by atoms with E-state index in [2.05, 4.69) is 0 Å². The molecule has 0 unspecified atom stereocenters. The number of sulfone groups is 2. The van der Waals surface area contributed by atoms with E-state index in [4.69, 9.17) is 9.47 Å². The predicted octanol–water partition coefficient (Wildman–Crippen LogP) is -0.239. The third-order valence-corrected chi connectivity index (χ3v) is 5.02. The summed E-state index contributed by atoms with van der Waals surface area (Å²) in [6.07, 6.45) is -0.391. The van der Waals surface area contributed by atoms with Crippen LogP contribution in [-0.4, -0.2) is 46.7 Å². The van der Waals surface area contributed by atoms with Gasteiger partial charge in [-0.15, -0.1) is 0 Å². The summed E-state index contributed by atoms with van der Waals surface area (Å²) in [6, 6.07) is 0. The van der Waals surface area contributed by atoms with E-state index < -0.39 is 38.0 Å². The molecule has 0 spiro atoms. The van der Waals surface area contributed by atoms with Crippen molar-refractivity contribution in [1.82, 2.24) is 0 Å². The Labute approximate surface area is 104 Å². The van der Waals surface area contributed by atoms with Crippen LogP contribution in [0.1, 0.15) is 0 Å². The molecule has 0 saturated heterocycles. The number of ether oxygens (including phenoxy) is 2. The zero-order valence-corrected chi connectivity index (χ0v) is 10.7. The minimum absolute atomic E-state index is 0.319. The molecule has 18 heavy (non-hydrogen) atoms. The van der Waals surface area contributed by atoms with Crippen LogP contribution in [0.5, 0.6) is 0 Å². The largest absolute Gasteiger partial charge is 0.509 e. The average Bonchev–Trinajstić information content (AvgIpc) is 2.69. The van der Waals surface area contributed by atoms with Crippen LogP contribution in [0.4, 0.5) is 4.79 Å². The fraction of sp³-hybridized carbons (Fsp3) is 0.444. The first-order chi connectivity index (χ1) is 8.26. The molecule has 7 nitrogen and oxygen atoms in total. The normalized spacial score (nSPS) is 31.3. The van der Waals surface area contributed by atoms with E-state index >= 15 is 0 Å². The third kappa shape index (κ3) is 3.33. The minimum atomic E-state index is -3.31. The van der Waals surface area contributed by atoms with Gasteiger partial charge in [-0.3, -0.25) is 0 Å². The van der Waals surface area contributed by atoms with Crippen molar-refractivity contribution in [3.63, 3.8) is 0 Å². The van der Waals surface area contributed by atoms with Gasteiger partial charge < -0.3 is 9.47 Å². The zero-order chi connectivity index (χ0) is 13.4. The highest BCUT2D eigenvalue weighted by Gasteiger charge is 2.29. The van der Waals surface area contributed by atoms with Crippen molar-refractivity contribution < 1.29 is 31.1 Å². The van der Waals surface area contributed by atoms with Crippen LogP contribution in [0.3, 0.4) is 0 Å². The molecule has 2 aliphatic rings. The van der Waals surface area contributed by atoms with Crippen LogP contribution >= 0.6 is 0 Å². The Morgan fingerprint density at radius 1 is 0.889 bits per heavy atom. The molecular weight excluding hydrogens is 284 g/mol. The summed E-state index contributed by atoms with van der Waals surface area (Å²) in [7, 11) is -6.62. The molecule has 2 atom stereocenters. The lowest BCUT2D eigenvalue weighted by Crippen LogP contribution is -2.25. The van der Waals surface area contributed by atoms with E-state index in [9.17, 15) is 21.6 Å². The topological polar surface area (TPSA) is 104 Å². The Morgan fingerprint density at radius 3 is 1.56 bits per heavy atom. The monoisotopic (exact) mass is 294 g/mol. The standard InChI is InChI=1S/C9H10O7S2/c10-9(15-7-1-3-17(11,12)5-7)16-8-2-4-18(13,14)6-8/h1-4,7-8H,5-6H2/t7-,8-/m0/s1. The second kappa shape index (κ2) is 4.39. The van der Waals surface area contributed by atoms with E-state index in [-0.39, 0.29) is 11.5 Å². The molecule has 2 aliphatic heterocycles. The second-order valence-electron chi connectivity index (χ2n) is 3.88. The fourth-order valence-corrected chi connectivity index (χ4v) is 3.84. The van der Waals surface area contributed by atoms with E-state index in [0.29, 0.717) is 0 Å². The number of carbonyl (C=O) groups excluding carboxylic acids is 1. The highest BCUT2D eigenvalue weighted by molar-refractivity contribution is 7.94. The Hall–Kier alpha value is -1.35. The van der Waals surface area contributed by atoms with Gasteiger partial charge in [-0.05, 0) is 12.2 Å². The molecule has 0 radical (unpaired) electrons. The van der Waals surface area contributed by atoms with Crippen LogP contribution in [0, 0.1) is 0 Å². The number of carbonyl (C=O) groups is 1. The van der Waals surface area contributed by atoms with Crippen LogP contribution in [0.25, 0.3) is 0 Å². The maximum Gasteiger partial charge on any atom is 0.509 e. The SMILES string of the molecule is O=C(O[C@H]1C=CS(=O)(=O)C1)O[C@H]1C=CS(=O)(=O)C1. The molecule has 0 aromatic heterocycles. The maximum absolute atomic E-state index is 11.3. The van der Waals surface area contributed by atoms with Crippen molar-refractivity contribution in [3.05, 3.63) is 23.0 Å². The van der Waals surface area contributed by atoms with Crippen LogP contribution in [0.15, 0.2) is 23.0 Å². The van der Waals surface area contributed by atoms with Crippen LogP contribution < -0.4 is 0 Å². The lowest BCUT2D eigenvalue weighted by atomic mass is 10.4. The molecule has 0 aliphatic carbocycles. The Bertz CT molecular complexity index is 557. The molecule has 0 aromatic carbocycles. The molecule has 100 valence electrons. The van der Waals surface area contributed by atoms with Crippen LogP contribution in [-0.2, 0) is 29.1 Å². The van der Waals surface area contributed by atoms with E-state index in [1.165, 1.54) is 12.2 Å². The first kappa shape index (κ1) is 13.1. The molecule has 2 rings (SSSR count). The predicted molar refractivity (Wildman–Crippen MR) is 61.0 cm³/mol. The molecule has 2 heterocycles. The number of hydrogen-bond acceptors (Lipinski definition) is 7. The van der Waals surface area contributed by atoms with Crippen molar-refractivity contribution in [2.45, 2.75) is 12.2 Å². The summed E-state index contributed by atoms with van der Waals surface area (Å²) in [5.74, 6) is -0.637. The van der Waals surface area contributed by atoms with Gasteiger partial charge in [-0.1, -0.05) is 0 Å². The molecule has 0 amide bonds. The number of hydrogen-bond donors (Lipinski definition) is 0. The molecule has 9 heteroatoms. The Morgan fingerprint density at radius 2 is 1.28 bits per heavy atom. The lowest BCUT2D eigenvalue weighted by Gasteiger charge is -2.12. The van der Waals surface area contributed by atoms with Gasteiger partial charge in [-0.25, -0.2) is 21.6 Å². The van der Waals surface area contributed by atoms with Crippen molar-refractivity contribution >= 4 is 25.8 Å². The van der Waals surface area contributed by atoms with Crippen LogP contribution in [0.2, 0.25) is 0 Å². The first-order valence-electron chi connectivity index (χ1n) is 4.95. The van der Waals surface area contributed by atoms with Gasteiger partial charge in [0.2, 0.25) is 0 Å². The Kier molecular flexibility index (Phi) is 3.20. The van der Waals surface area contributed by atoms with Gasteiger partial charge in [0, 0.05) is 10.8 Å². The second-order valence-corrected chi connectivity index (χ2v) is 7.74. The average molecular weight is 294 g/mol. The lowest BCUT2D eigenvalue weighted by molar-refractivity contribution is 0.0322. The highest BCUT2D eigenvalue weighted by Crippen LogP contribution is 2.15. The van der Waals surface area contributed by atoms with E-state index in [1.807, 2.05) is 0 Å². The van der Waals surface area contributed by atoms with Crippen molar-refractivity contribution in [2.75, 3.05) is 11.5 Å². The third-order valence-electron chi connectivity index (χ3n) is 2.29. The molecule has 0 N–H and O–H groups in total. The fourth-order valence-electron chi connectivity index (χ4n) is 1.52. The molecule has 0 aromatic rings. The van der Waals surface area contributed by atoms with Gasteiger partial charge >= 0.3 is 6.16 Å². The summed E-state index contributed by atoms with van der Waals surface area (Å²) >= 11 is 0. The zero-order valence-electron chi connectivity index (χ0n) is 9.05. The summed E-state index contributed by atoms with van der Waals surface area (Å²) in [5.41, 5.74) is 0. The molecule has 0 saturated carbocycles. The Balaban J connectivity index is 1.84.